The molecule has 0 bridgehead atoms. The van der Waals surface area contributed by atoms with E-state index in [-0.39, 0.29) is 0 Å². The van der Waals surface area contributed by atoms with Crippen LogP contribution in [0.15, 0.2) is 55.0 Å². The van der Waals surface area contributed by atoms with Gasteiger partial charge in [-0.2, -0.15) is 20.1 Å². The van der Waals surface area contributed by atoms with Crippen LogP contribution in [0.25, 0.3) is 16.8 Å². The van der Waals surface area contributed by atoms with Crippen molar-refractivity contribution in [3.05, 3.63) is 66.1 Å². The number of nitrogens with one attached hydrogen (secondary N) is 1. The van der Waals surface area contributed by atoms with E-state index in [1.165, 1.54) is 0 Å². The molecule has 1 aromatic carbocycles. The number of hydrogen-bond acceptors (Lipinski definition) is 6. The van der Waals surface area contributed by atoms with Crippen molar-refractivity contribution < 1.29 is 0 Å². The van der Waals surface area contributed by atoms with Crippen LogP contribution in [-0.4, -0.2) is 24.8 Å². The minimum Gasteiger partial charge on any atom is -0.324 e. The number of nitriles is 1. The minimum absolute atomic E-state index is 0.457. The fraction of sp³-hybridized carbons (Fsp3) is 0.0556. The summed E-state index contributed by atoms with van der Waals surface area (Å²) >= 11 is 0. The Morgan fingerprint density at radius 2 is 2.04 bits per heavy atom. The Bertz CT molecular complexity index is 1110. The van der Waals surface area contributed by atoms with Crippen LogP contribution in [0, 0.1) is 18.3 Å². The molecular formula is C18H13N7. The fourth-order valence-corrected chi connectivity index (χ4v) is 2.59. The predicted octanol–water partition coefficient (Wildman–Crippen LogP) is 3.11. The zero-order valence-corrected chi connectivity index (χ0v) is 13.4. The van der Waals surface area contributed by atoms with Gasteiger partial charge in [-0.05, 0) is 42.8 Å². The SMILES string of the molecule is Cc1cnc(Nc2cccc(C#N)c2)nc1-c1cnn2ncccc12. The largest absolute Gasteiger partial charge is 0.324 e. The van der Waals surface area contributed by atoms with E-state index in [9.17, 15) is 0 Å². The van der Waals surface area contributed by atoms with Gasteiger partial charge < -0.3 is 5.32 Å². The molecule has 0 amide bonds. The van der Waals surface area contributed by atoms with E-state index in [1.54, 1.807) is 35.4 Å². The molecule has 0 unspecified atom stereocenters. The maximum Gasteiger partial charge on any atom is 0.227 e. The quantitative estimate of drug-likeness (QED) is 0.621. The van der Waals surface area contributed by atoms with Gasteiger partial charge in [-0.25, -0.2) is 9.97 Å². The summed E-state index contributed by atoms with van der Waals surface area (Å²) in [6, 6.07) is 13.1. The van der Waals surface area contributed by atoms with Crippen LogP contribution >= 0.6 is 0 Å². The smallest absolute Gasteiger partial charge is 0.227 e. The van der Waals surface area contributed by atoms with Crippen LogP contribution in [0.3, 0.4) is 0 Å². The van der Waals surface area contributed by atoms with Gasteiger partial charge in [0.2, 0.25) is 5.95 Å². The summed E-state index contributed by atoms with van der Waals surface area (Å²) < 4.78 is 1.57. The molecule has 7 heteroatoms. The Labute approximate surface area is 143 Å². The molecule has 4 aromatic rings. The number of anilines is 2. The molecule has 0 saturated heterocycles. The first-order chi connectivity index (χ1) is 12.2. The van der Waals surface area contributed by atoms with E-state index in [0.29, 0.717) is 11.5 Å². The fourth-order valence-electron chi connectivity index (χ4n) is 2.59. The lowest BCUT2D eigenvalue weighted by Gasteiger charge is -2.08. The molecule has 0 atom stereocenters. The first kappa shape index (κ1) is 14.8. The third-order valence-corrected chi connectivity index (χ3v) is 3.78. The van der Waals surface area contributed by atoms with Gasteiger partial charge in [0.25, 0.3) is 0 Å². The van der Waals surface area contributed by atoms with Gasteiger partial charge in [-0.3, -0.25) is 0 Å². The topological polar surface area (TPSA) is 91.8 Å². The predicted molar refractivity (Wildman–Crippen MR) is 93.2 cm³/mol. The van der Waals surface area contributed by atoms with E-state index in [0.717, 1.165) is 28.0 Å². The van der Waals surface area contributed by atoms with Crippen LogP contribution in [-0.2, 0) is 0 Å². The van der Waals surface area contributed by atoms with Crippen molar-refractivity contribution in [3.63, 3.8) is 0 Å². The third kappa shape index (κ3) is 2.77. The highest BCUT2D eigenvalue weighted by Crippen LogP contribution is 2.26. The molecule has 3 aromatic heterocycles. The van der Waals surface area contributed by atoms with Gasteiger partial charge in [-0.15, -0.1) is 0 Å². The van der Waals surface area contributed by atoms with E-state index < -0.39 is 0 Å². The van der Waals surface area contributed by atoms with Gasteiger partial charge in [0.05, 0.1) is 29.0 Å². The standard InChI is InChI=1S/C18H13N7/c1-12-10-20-18(23-14-5-2-4-13(8-14)9-19)24-17(12)15-11-22-25-16(15)6-3-7-21-25/h2-8,10-11H,1H3,(H,20,23,24). The van der Waals surface area contributed by atoms with Crippen molar-refractivity contribution >= 4 is 17.2 Å². The first-order valence-corrected chi connectivity index (χ1v) is 7.65. The van der Waals surface area contributed by atoms with Crippen molar-refractivity contribution in [2.45, 2.75) is 6.92 Å². The normalized spacial score (nSPS) is 10.6. The van der Waals surface area contributed by atoms with Crippen molar-refractivity contribution in [3.8, 4) is 17.3 Å². The molecule has 25 heavy (non-hydrogen) atoms. The highest BCUT2D eigenvalue weighted by molar-refractivity contribution is 5.79. The number of rotatable bonds is 3. The minimum atomic E-state index is 0.457. The molecule has 0 saturated carbocycles. The van der Waals surface area contributed by atoms with E-state index in [1.807, 2.05) is 31.2 Å². The first-order valence-electron chi connectivity index (χ1n) is 7.65. The molecule has 1 N–H and O–H groups in total. The van der Waals surface area contributed by atoms with Crippen molar-refractivity contribution in [1.82, 2.24) is 24.8 Å². The summed E-state index contributed by atoms with van der Waals surface area (Å²) in [6.07, 6.45) is 5.20. The van der Waals surface area contributed by atoms with Gasteiger partial charge in [0.15, 0.2) is 0 Å². The Morgan fingerprint density at radius 1 is 1.12 bits per heavy atom. The zero-order chi connectivity index (χ0) is 17.2. The van der Waals surface area contributed by atoms with Crippen molar-refractivity contribution in [2.75, 3.05) is 5.32 Å². The summed E-state index contributed by atoms with van der Waals surface area (Å²) in [6.45, 7) is 1.95. The summed E-state index contributed by atoms with van der Waals surface area (Å²) in [5, 5.41) is 20.6. The number of aryl methyl sites for hydroxylation is 1. The second-order valence-corrected chi connectivity index (χ2v) is 5.50. The van der Waals surface area contributed by atoms with Gasteiger partial charge in [0, 0.05) is 23.6 Å². The van der Waals surface area contributed by atoms with Crippen molar-refractivity contribution in [1.29, 1.82) is 5.26 Å². The monoisotopic (exact) mass is 327 g/mol. The molecule has 4 rings (SSSR count). The maximum absolute atomic E-state index is 9.01. The van der Waals surface area contributed by atoms with Gasteiger partial charge in [0.1, 0.15) is 0 Å². The van der Waals surface area contributed by atoms with E-state index in [2.05, 4.69) is 31.6 Å². The van der Waals surface area contributed by atoms with Gasteiger partial charge in [-0.1, -0.05) is 6.07 Å². The molecule has 7 nitrogen and oxygen atoms in total. The Morgan fingerprint density at radius 3 is 2.92 bits per heavy atom. The molecule has 0 spiro atoms. The second kappa shape index (κ2) is 6.02. The zero-order valence-electron chi connectivity index (χ0n) is 13.4. The average molecular weight is 327 g/mol. The summed E-state index contributed by atoms with van der Waals surface area (Å²) in [7, 11) is 0. The molecule has 120 valence electrons. The Kier molecular flexibility index (Phi) is 3.56. The summed E-state index contributed by atoms with van der Waals surface area (Å²) in [5.74, 6) is 0.457. The van der Waals surface area contributed by atoms with E-state index >= 15 is 0 Å². The van der Waals surface area contributed by atoms with Crippen LogP contribution in [0.2, 0.25) is 0 Å². The number of fused-ring (bicyclic) bond motifs is 1. The van der Waals surface area contributed by atoms with Crippen molar-refractivity contribution in [2.24, 2.45) is 0 Å². The Balaban J connectivity index is 1.75. The maximum atomic E-state index is 9.01. The van der Waals surface area contributed by atoms with E-state index in [4.69, 9.17) is 5.26 Å². The second-order valence-electron chi connectivity index (χ2n) is 5.50. The number of aromatic nitrogens is 5. The third-order valence-electron chi connectivity index (χ3n) is 3.78. The highest BCUT2D eigenvalue weighted by atomic mass is 15.4. The van der Waals surface area contributed by atoms with Crippen LogP contribution < -0.4 is 5.32 Å². The molecular weight excluding hydrogens is 314 g/mol. The van der Waals surface area contributed by atoms with Crippen LogP contribution in [0.4, 0.5) is 11.6 Å². The number of hydrogen-bond donors (Lipinski definition) is 1. The molecule has 0 fully saturated rings. The summed E-state index contributed by atoms with van der Waals surface area (Å²) in [4.78, 5) is 8.96. The Hall–Kier alpha value is -3.79. The molecule has 0 aliphatic carbocycles. The molecule has 0 radical (unpaired) electrons. The number of benzene rings is 1. The average Bonchev–Trinajstić information content (AvgIpc) is 3.07. The lowest BCUT2D eigenvalue weighted by atomic mass is 10.1. The lowest BCUT2D eigenvalue weighted by Crippen LogP contribution is -2.00. The van der Waals surface area contributed by atoms with Crippen LogP contribution in [0.1, 0.15) is 11.1 Å². The highest BCUT2D eigenvalue weighted by Gasteiger charge is 2.12. The molecule has 3 heterocycles. The lowest BCUT2D eigenvalue weighted by molar-refractivity contribution is 0.800. The molecule has 0 aliphatic heterocycles. The van der Waals surface area contributed by atoms with Crippen LogP contribution in [0.5, 0.6) is 0 Å². The van der Waals surface area contributed by atoms with Gasteiger partial charge >= 0.3 is 0 Å². The number of nitrogens with zero attached hydrogens (tertiary/aromatic N) is 6. The summed E-state index contributed by atoms with van der Waals surface area (Å²) in [5.41, 5.74) is 4.83. The molecule has 0 aliphatic rings.